The van der Waals surface area contributed by atoms with E-state index in [2.05, 4.69) is 15.0 Å². The average Bonchev–Trinajstić information content (AvgIpc) is 2.46. The fraction of sp³-hybridized carbons (Fsp3) is 0.357. The number of nitrogens with zero attached hydrogens (tertiary/aromatic N) is 3. The van der Waals surface area contributed by atoms with Gasteiger partial charge in [0.1, 0.15) is 11.5 Å². The Labute approximate surface area is 123 Å². The van der Waals surface area contributed by atoms with Gasteiger partial charge in [0, 0.05) is 24.8 Å². The Morgan fingerprint density at radius 2 is 2.14 bits per heavy atom. The first-order valence-electron chi connectivity index (χ1n) is 6.71. The summed E-state index contributed by atoms with van der Waals surface area (Å²) in [6.45, 7) is 2.44. The molecule has 0 unspecified atom stereocenters. The number of H-pyrrole nitrogens is 1. The van der Waals surface area contributed by atoms with E-state index in [-0.39, 0.29) is 12.1 Å². The maximum atomic E-state index is 12.7. The molecule has 8 heteroatoms. The third-order valence-corrected chi connectivity index (χ3v) is 3.59. The Morgan fingerprint density at radius 1 is 1.36 bits per heavy atom. The summed E-state index contributed by atoms with van der Waals surface area (Å²) in [5.74, 6) is 0.542. The fourth-order valence-electron chi connectivity index (χ4n) is 2.54. The van der Waals surface area contributed by atoms with Crippen molar-refractivity contribution in [1.82, 2.24) is 15.0 Å². The van der Waals surface area contributed by atoms with Gasteiger partial charge in [-0.2, -0.15) is 13.2 Å². The molecular weight excluding hydrogens is 297 g/mol. The summed E-state index contributed by atoms with van der Waals surface area (Å²) < 4.78 is 38.2. The molecule has 2 aromatic rings. The molecular formula is C14H13F3N4O. The lowest BCUT2D eigenvalue weighted by molar-refractivity contribution is -0.141. The molecule has 0 aliphatic carbocycles. The van der Waals surface area contributed by atoms with Crippen LogP contribution in [0.4, 0.5) is 18.9 Å². The van der Waals surface area contributed by atoms with Crippen LogP contribution in [0.2, 0.25) is 0 Å². The van der Waals surface area contributed by atoms with Gasteiger partial charge in [-0.25, -0.2) is 4.98 Å². The van der Waals surface area contributed by atoms with Gasteiger partial charge in [0.15, 0.2) is 0 Å². The summed E-state index contributed by atoms with van der Waals surface area (Å²) in [4.78, 5) is 24.0. The average molecular weight is 310 g/mol. The van der Waals surface area contributed by atoms with Crippen LogP contribution in [-0.2, 0) is 19.1 Å². The van der Waals surface area contributed by atoms with Crippen molar-refractivity contribution in [2.24, 2.45) is 0 Å². The lowest BCUT2D eigenvalue weighted by Gasteiger charge is -2.29. The van der Waals surface area contributed by atoms with Gasteiger partial charge in [-0.15, -0.1) is 0 Å². The second-order valence-electron chi connectivity index (χ2n) is 5.15. The monoisotopic (exact) mass is 310 g/mol. The van der Waals surface area contributed by atoms with Gasteiger partial charge in [0.2, 0.25) is 0 Å². The number of rotatable bonds is 1. The van der Waals surface area contributed by atoms with E-state index in [1.807, 2.05) is 0 Å². The molecule has 0 aromatic carbocycles. The highest BCUT2D eigenvalue weighted by Gasteiger charge is 2.33. The molecule has 0 atom stereocenters. The van der Waals surface area contributed by atoms with E-state index in [1.54, 1.807) is 11.8 Å². The zero-order valence-corrected chi connectivity index (χ0v) is 11.7. The number of fused-ring (bicyclic) bond motifs is 1. The van der Waals surface area contributed by atoms with Crippen LogP contribution in [0.15, 0.2) is 23.1 Å². The lowest BCUT2D eigenvalue weighted by Crippen LogP contribution is -2.36. The molecule has 5 nitrogen and oxygen atoms in total. The molecule has 0 bridgehead atoms. The van der Waals surface area contributed by atoms with Crippen LogP contribution in [0, 0.1) is 6.92 Å². The topological polar surface area (TPSA) is 61.9 Å². The van der Waals surface area contributed by atoms with Crippen LogP contribution in [0.1, 0.15) is 22.8 Å². The number of halogens is 3. The first-order chi connectivity index (χ1) is 10.3. The molecule has 1 N–H and O–H groups in total. The molecule has 0 spiro atoms. The summed E-state index contributed by atoms with van der Waals surface area (Å²) in [5, 5.41) is 0. The maximum Gasteiger partial charge on any atom is 0.433 e. The van der Waals surface area contributed by atoms with Gasteiger partial charge in [-0.1, -0.05) is 0 Å². The van der Waals surface area contributed by atoms with Gasteiger partial charge in [0.25, 0.3) is 5.56 Å². The first kappa shape index (κ1) is 14.6. The molecule has 22 heavy (non-hydrogen) atoms. The molecule has 116 valence electrons. The smallest absolute Gasteiger partial charge is 0.366 e. The van der Waals surface area contributed by atoms with Crippen LogP contribution < -0.4 is 10.5 Å². The quantitative estimate of drug-likeness (QED) is 0.876. The van der Waals surface area contributed by atoms with Gasteiger partial charge in [-0.3, -0.25) is 9.78 Å². The Bertz CT molecular complexity index is 769. The number of hydrogen-bond donors (Lipinski definition) is 1. The fourth-order valence-corrected chi connectivity index (χ4v) is 2.54. The second kappa shape index (κ2) is 5.11. The molecule has 0 saturated carbocycles. The Kier molecular flexibility index (Phi) is 3.38. The minimum atomic E-state index is -4.49. The van der Waals surface area contributed by atoms with E-state index in [4.69, 9.17) is 0 Å². The minimum absolute atomic E-state index is 0.235. The third-order valence-electron chi connectivity index (χ3n) is 3.59. The van der Waals surface area contributed by atoms with E-state index in [0.29, 0.717) is 35.7 Å². The number of nitrogens with one attached hydrogen (secondary N) is 1. The number of aryl methyl sites for hydroxylation is 1. The summed E-state index contributed by atoms with van der Waals surface area (Å²) in [6.07, 6.45) is -2.84. The summed E-state index contributed by atoms with van der Waals surface area (Å²) in [5.41, 5.74) is 0.432. The van der Waals surface area contributed by atoms with Crippen molar-refractivity contribution in [3.05, 3.63) is 51.5 Å². The molecule has 1 aliphatic heterocycles. The molecule has 0 saturated heterocycles. The Morgan fingerprint density at radius 3 is 2.86 bits per heavy atom. The zero-order valence-electron chi connectivity index (χ0n) is 11.7. The van der Waals surface area contributed by atoms with Crippen molar-refractivity contribution >= 4 is 5.69 Å². The van der Waals surface area contributed by atoms with Crippen molar-refractivity contribution in [2.75, 3.05) is 11.4 Å². The minimum Gasteiger partial charge on any atom is -0.366 e. The van der Waals surface area contributed by atoms with Crippen LogP contribution in [0.3, 0.4) is 0 Å². The van der Waals surface area contributed by atoms with E-state index in [0.717, 1.165) is 12.3 Å². The van der Waals surface area contributed by atoms with Crippen molar-refractivity contribution in [2.45, 2.75) is 26.1 Å². The predicted octanol–water partition coefficient (Wildman–Crippen LogP) is 2.05. The SMILES string of the molecule is Cc1nc2c(c(=O)[nH]1)CN(c1ccnc(C(F)(F)F)c1)CC2. The summed E-state index contributed by atoms with van der Waals surface area (Å²) >= 11 is 0. The predicted molar refractivity (Wildman–Crippen MR) is 73.6 cm³/mol. The van der Waals surface area contributed by atoms with Crippen molar-refractivity contribution in [3.63, 3.8) is 0 Å². The van der Waals surface area contributed by atoms with Crippen LogP contribution in [0.25, 0.3) is 0 Å². The number of alkyl halides is 3. The third kappa shape index (κ3) is 2.68. The number of anilines is 1. The van der Waals surface area contributed by atoms with Crippen molar-refractivity contribution in [3.8, 4) is 0 Å². The number of hydrogen-bond acceptors (Lipinski definition) is 4. The van der Waals surface area contributed by atoms with Crippen LogP contribution >= 0.6 is 0 Å². The summed E-state index contributed by atoms with van der Waals surface area (Å²) in [6, 6.07) is 2.51. The highest BCUT2D eigenvalue weighted by Crippen LogP contribution is 2.30. The highest BCUT2D eigenvalue weighted by atomic mass is 19.4. The number of aromatic nitrogens is 3. The van der Waals surface area contributed by atoms with Gasteiger partial charge in [-0.05, 0) is 19.1 Å². The van der Waals surface area contributed by atoms with Gasteiger partial charge >= 0.3 is 6.18 Å². The van der Waals surface area contributed by atoms with E-state index < -0.39 is 11.9 Å². The van der Waals surface area contributed by atoms with Gasteiger partial charge < -0.3 is 9.88 Å². The van der Waals surface area contributed by atoms with Crippen molar-refractivity contribution in [1.29, 1.82) is 0 Å². The lowest BCUT2D eigenvalue weighted by atomic mass is 10.1. The number of aromatic amines is 1. The first-order valence-corrected chi connectivity index (χ1v) is 6.71. The van der Waals surface area contributed by atoms with E-state index in [9.17, 15) is 18.0 Å². The van der Waals surface area contributed by atoms with E-state index >= 15 is 0 Å². The molecule has 0 amide bonds. The molecule has 0 radical (unpaired) electrons. The zero-order chi connectivity index (χ0) is 15.9. The molecule has 3 rings (SSSR count). The molecule has 1 aliphatic rings. The molecule has 3 heterocycles. The Hall–Kier alpha value is -2.38. The highest BCUT2D eigenvalue weighted by molar-refractivity contribution is 5.49. The van der Waals surface area contributed by atoms with Crippen LogP contribution in [-0.4, -0.2) is 21.5 Å². The standard InChI is InChI=1S/C14H13F3N4O/c1-8-19-11-3-5-21(7-10(11)13(22)20-8)9-2-4-18-12(6-9)14(15,16)17/h2,4,6H,3,5,7H2,1H3,(H,19,20,22). The van der Waals surface area contributed by atoms with Crippen molar-refractivity contribution < 1.29 is 13.2 Å². The Balaban J connectivity index is 1.94. The van der Waals surface area contributed by atoms with Crippen LogP contribution in [0.5, 0.6) is 0 Å². The maximum absolute atomic E-state index is 12.7. The second-order valence-corrected chi connectivity index (χ2v) is 5.15. The normalized spacial score (nSPS) is 14.8. The molecule has 0 fully saturated rings. The largest absolute Gasteiger partial charge is 0.433 e. The summed E-state index contributed by atoms with van der Waals surface area (Å²) in [7, 11) is 0. The van der Waals surface area contributed by atoms with E-state index in [1.165, 1.54) is 6.07 Å². The number of pyridine rings is 1. The van der Waals surface area contributed by atoms with Gasteiger partial charge in [0.05, 0.1) is 17.8 Å². The molecule has 2 aromatic heterocycles.